The van der Waals surface area contributed by atoms with Crippen LogP contribution in [0.4, 0.5) is 0 Å². The standard InChI is InChI=1S/C25H24O5/c26-21-8-18(22-19-4-2-1-3-17(19)5-6-20(22)30-21)13-29-23(27)24-9-15-7-16(10-24)12-25(28,11-15)14-24/h1-6,8,15-16,28H,7,9-14H2. The summed E-state index contributed by atoms with van der Waals surface area (Å²) in [7, 11) is 0. The fourth-order valence-corrected chi connectivity index (χ4v) is 6.88. The number of hydrogen-bond donors (Lipinski definition) is 1. The fourth-order valence-electron chi connectivity index (χ4n) is 6.88. The molecule has 5 nitrogen and oxygen atoms in total. The lowest BCUT2D eigenvalue weighted by atomic mass is 9.48. The molecule has 7 rings (SSSR count). The number of aliphatic hydroxyl groups is 1. The van der Waals surface area contributed by atoms with Crippen LogP contribution in [0.1, 0.15) is 44.1 Å². The van der Waals surface area contributed by atoms with E-state index in [0.29, 0.717) is 29.4 Å². The van der Waals surface area contributed by atoms with Crippen LogP contribution in [0.3, 0.4) is 0 Å². The van der Waals surface area contributed by atoms with Crippen molar-refractivity contribution in [2.75, 3.05) is 0 Å². The van der Waals surface area contributed by atoms with Gasteiger partial charge in [0.25, 0.3) is 0 Å². The van der Waals surface area contributed by atoms with E-state index in [1.165, 1.54) is 6.07 Å². The molecule has 4 saturated carbocycles. The maximum absolute atomic E-state index is 13.3. The van der Waals surface area contributed by atoms with E-state index < -0.39 is 16.6 Å². The molecule has 0 spiro atoms. The average Bonchev–Trinajstić information content (AvgIpc) is 2.69. The Balaban J connectivity index is 1.34. The molecule has 4 fully saturated rings. The molecule has 0 amide bonds. The van der Waals surface area contributed by atoms with Gasteiger partial charge < -0.3 is 14.3 Å². The summed E-state index contributed by atoms with van der Waals surface area (Å²) >= 11 is 0. The summed E-state index contributed by atoms with van der Waals surface area (Å²) in [5, 5.41) is 13.7. The summed E-state index contributed by atoms with van der Waals surface area (Å²) in [6.07, 6.45) is 4.88. The Morgan fingerprint density at radius 3 is 2.63 bits per heavy atom. The number of ether oxygens (including phenoxy) is 1. The molecule has 5 heteroatoms. The number of benzene rings is 2. The first-order chi connectivity index (χ1) is 14.4. The van der Waals surface area contributed by atoms with Gasteiger partial charge in [-0.05, 0) is 67.2 Å². The SMILES string of the molecule is O=C(OCc1cc(=O)oc2ccc3ccccc3c12)C12CC3CC(CC(O)(C3)C1)C2. The molecule has 2 aromatic carbocycles. The Kier molecular flexibility index (Phi) is 3.73. The average molecular weight is 404 g/mol. The summed E-state index contributed by atoms with van der Waals surface area (Å²) in [6.45, 7) is 0.0322. The number of esters is 1. The maximum Gasteiger partial charge on any atom is 0.336 e. The Bertz CT molecular complexity index is 1230. The summed E-state index contributed by atoms with van der Waals surface area (Å²) in [4.78, 5) is 25.4. The van der Waals surface area contributed by atoms with Gasteiger partial charge in [-0.15, -0.1) is 0 Å². The topological polar surface area (TPSA) is 76.7 Å². The zero-order valence-electron chi connectivity index (χ0n) is 16.7. The van der Waals surface area contributed by atoms with Gasteiger partial charge in [-0.25, -0.2) is 4.79 Å². The van der Waals surface area contributed by atoms with Gasteiger partial charge in [-0.3, -0.25) is 4.79 Å². The van der Waals surface area contributed by atoms with Crippen molar-refractivity contribution < 1.29 is 19.1 Å². The highest BCUT2D eigenvalue weighted by molar-refractivity contribution is 6.07. The maximum atomic E-state index is 13.3. The highest BCUT2D eigenvalue weighted by Gasteiger charge is 2.60. The Morgan fingerprint density at radius 2 is 1.87 bits per heavy atom. The molecule has 3 aromatic rings. The molecular weight excluding hydrogens is 380 g/mol. The van der Waals surface area contributed by atoms with E-state index in [1.807, 2.05) is 30.3 Å². The Morgan fingerprint density at radius 1 is 1.10 bits per heavy atom. The molecule has 2 atom stereocenters. The van der Waals surface area contributed by atoms with E-state index in [1.54, 1.807) is 6.07 Å². The largest absolute Gasteiger partial charge is 0.460 e. The highest BCUT2D eigenvalue weighted by Crippen LogP contribution is 2.62. The zero-order valence-corrected chi connectivity index (χ0v) is 16.7. The van der Waals surface area contributed by atoms with Crippen molar-refractivity contribution in [1.29, 1.82) is 0 Å². The number of fused-ring (bicyclic) bond motifs is 3. The second-order valence-corrected chi connectivity index (χ2v) is 9.79. The molecule has 154 valence electrons. The van der Waals surface area contributed by atoms with E-state index in [-0.39, 0.29) is 12.6 Å². The van der Waals surface area contributed by atoms with Gasteiger partial charge in [0.2, 0.25) is 0 Å². The van der Waals surface area contributed by atoms with Crippen molar-refractivity contribution in [3.8, 4) is 0 Å². The molecule has 2 unspecified atom stereocenters. The van der Waals surface area contributed by atoms with E-state index in [0.717, 1.165) is 48.3 Å². The summed E-state index contributed by atoms with van der Waals surface area (Å²) in [6, 6.07) is 13.0. The molecule has 0 aliphatic heterocycles. The molecule has 0 saturated heterocycles. The van der Waals surface area contributed by atoms with Crippen molar-refractivity contribution in [1.82, 2.24) is 0 Å². The Hall–Kier alpha value is -2.66. The van der Waals surface area contributed by atoms with E-state index in [9.17, 15) is 14.7 Å². The molecular formula is C25H24O5. The van der Waals surface area contributed by atoms with Crippen LogP contribution >= 0.6 is 0 Å². The summed E-state index contributed by atoms with van der Waals surface area (Å²) in [5.41, 5.74) is -0.574. The minimum atomic E-state index is -0.709. The predicted octanol–water partition coefficient (Wildman–Crippen LogP) is 4.32. The van der Waals surface area contributed by atoms with E-state index in [2.05, 4.69) is 0 Å². The first-order valence-electron chi connectivity index (χ1n) is 10.8. The van der Waals surface area contributed by atoms with Crippen molar-refractivity contribution in [2.45, 2.75) is 50.7 Å². The van der Waals surface area contributed by atoms with Crippen LogP contribution in [-0.2, 0) is 16.1 Å². The molecule has 4 bridgehead atoms. The number of rotatable bonds is 3. The minimum absolute atomic E-state index is 0.0322. The molecule has 0 radical (unpaired) electrons. The van der Waals surface area contributed by atoms with Crippen LogP contribution in [0.2, 0.25) is 0 Å². The quantitative estimate of drug-likeness (QED) is 0.400. The third-order valence-electron chi connectivity index (χ3n) is 7.54. The molecule has 1 heterocycles. The summed E-state index contributed by atoms with van der Waals surface area (Å²) < 4.78 is 11.2. The summed E-state index contributed by atoms with van der Waals surface area (Å²) in [5.74, 6) is 0.603. The predicted molar refractivity (Wildman–Crippen MR) is 112 cm³/mol. The first-order valence-corrected chi connectivity index (χ1v) is 10.8. The number of carbonyl (C=O) groups excluding carboxylic acids is 1. The second kappa shape index (κ2) is 6.17. The van der Waals surface area contributed by atoms with Gasteiger partial charge in [0, 0.05) is 17.0 Å². The van der Waals surface area contributed by atoms with Gasteiger partial charge in [-0.2, -0.15) is 0 Å². The first kappa shape index (κ1) is 18.1. The third-order valence-corrected chi connectivity index (χ3v) is 7.54. The molecule has 1 N–H and O–H groups in total. The van der Waals surface area contributed by atoms with Crippen molar-refractivity contribution in [2.24, 2.45) is 17.3 Å². The highest BCUT2D eigenvalue weighted by atomic mass is 16.5. The van der Waals surface area contributed by atoms with Crippen LogP contribution < -0.4 is 5.63 Å². The van der Waals surface area contributed by atoms with Gasteiger partial charge in [0.05, 0.1) is 11.0 Å². The smallest absolute Gasteiger partial charge is 0.336 e. The van der Waals surface area contributed by atoms with Crippen LogP contribution in [0.25, 0.3) is 21.7 Å². The molecule has 1 aromatic heterocycles. The minimum Gasteiger partial charge on any atom is -0.460 e. The zero-order chi connectivity index (χ0) is 20.5. The van der Waals surface area contributed by atoms with Crippen LogP contribution in [0.5, 0.6) is 0 Å². The van der Waals surface area contributed by atoms with Crippen LogP contribution in [0, 0.1) is 17.3 Å². The fraction of sp³-hybridized carbons (Fsp3) is 0.440. The van der Waals surface area contributed by atoms with Gasteiger partial charge >= 0.3 is 11.6 Å². The van der Waals surface area contributed by atoms with Gasteiger partial charge in [0.15, 0.2) is 0 Å². The monoisotopic (exact) mass is 404 g/mol. The van der Waals surface area contributed by atoms with Crippen LogP contribution in [0.15, 0.2) is 51.7 Å². The Labute approximate surface area is 173 Å². The molecule has 4 aliphatic carbocycles. The van der Waals surface area contributed by atoms with Crippen molar-refractivity contribution in [3.63, 3.8) is 0 Å². The second-order valence-electron chi connectivity index (χ2n) is 9.79. The van der Waals surface area contributed by atoms with Crippen molar-refractivity contribution in [3.05, 3.63) is 58.4 Å². The lowest BCUT2D eigenvalue weighted by Crippen LogP contribution is -2.58. The van der Waals surface area contributed by atoms with E-state index in [4.69, 9.17) is 9.15 Å². The molecule has 30 heavy (non-hydrogen) atoms. The number of hydrogen-bond acceptors (Lipinski definition) is 5. The van der Waals surface area contributed by atoms with Crippen molar-refractivity contribution >= 4 is 27.7 Å². The van der Waals surface area contributed by atoms with Crippen LogP contribution in [-0.4, -0.2) is 16.7 Å². The third kappa shape index (κ3) is 2.72. The van der Waals surface area contributed by atoms with Gasteiger partial charge in [-0.1, -0.05) is 30.3 Å². The normalized spacial score (nSPS) is 32.0. The lowest BCUT2D eigenvalue weighted by molar-refractivity contribution is -0.197. The van der Waals surface area contributed by atoms with Gasteiger partial charge in [0.1, 0.15) is 12.2 Å². The van der Waals surface area contributed by atoms with E-state index >= 15 is 0 Å². The lowest BCUT2D eigenvalue weighted by Gasteiger charge is -2.58. The number of carbonyl (C=O) groups is 1. The molecule has 4 aliphatic rings.